The molecule has 5 rings (SSSR count). The summed E-state index contributed by atoms with van der Waals surface area (Å²) in [5.74, 6) is 0.623. The summed E-state index contributed by atoms with van der Waals surface area (Å²) in [5, 5.41) is 13.1. The van der Waals surface area contributed by atoms with E-state index < -0.39 is 17.3 Å². The second-order valence-electron chi connectivity index (χ2n) is 12.8. The Balaban J connectivity index is 1.32. The van der Waals surface area contributed by atoms with Gasteiger partial charge in [0.05, 0.1) is 11.3 Å². The van der Waals surface area contributed by atoms with Crippen LogP contribution in [0.5, 0.6) is 5.88 Å². The van der Waals surface area contributed by atoms with E-state index in [1.807, 2.05) is 38.1 Å². The van der Waals surface area contributed by atoms with Crippen LogP contribution in [0.3, 0.4) is 0 Å². The molecule has 2 atom stereocenters. The van der Waals surface area contributed by atoms with Gasteiger partial charge in [-0.05, 0) is 93.0 Å². The predicted molar refractivity (Wildman–Crippen MR) is 172 cm³/mol. The lowest BCUT2D eigenvalue weighted by Gasteiger charge is -2.50. The molecule has 1 aliphatic carbocycles. The third-order valence-electron chi connectivity index (χ3n) is 8.80. The summed E-state index contributed by atoms with van der Waals surface area (Å²) in [6, 6.07) is 14.1. The van der Waals surface area contributed by atoms with Gasteiger partial charge in [-0.2, -0.15) is 9.71 Å². The van der Waals surface area contributed by atoms with E-state index in [2.05, 4.69) is 28.9 Å². The van der Waals surface area contributed by atoms with Crippen LogP contribution in [-0.2, 0) is 16.1 Å². The zero-order valence-electron chi connectivity index (χ0n) is 26.1. The topological polar surface area (TPSA) is 129 Å². The first-order valence-corrected chi connectivity index (χ1v) is 16.7. The van der Waals surface area contributed by atoms with Crippen molar-refractivity contribution in [3.63, 3.8) is 0 Å². The van der Waals surface area contributed by atoms with Gasteiger partial charge in [-0.15, -0.1) is 0 Å². The number of anilines is 1. The molecule has 2 aromatic carbocycles. The molecule has 1 aliphatic heterocycles. The zero-order chi connectivity index (χ0) is 31.3. The Morgan fingerprint density at radius 3 is 2.50 bits per heavy atom. The molecule has 2 heterocycles. The van der Waals surface area contributed by atoms with Crippen LogP contribution in [0.1, 0.15) is 67.4 Å². The fourth-order valence-electron chi connectivity index (χ4n) is 6.60. The lowest BCUT2D eigenvalue weighted by molar-refractivity contribution is -0.0589. The normalized spacial score (nSPS) is 17.7. The molecule has 0 amide bonds. The Morgan fingerprint density at radius 2 is 1.82 bits per heavy atom. The molecule has 1 spiro atoms. The van der Waals surface area contributed by atoms with E-state index in [4.69, 9.17) is 14.5 Å². The van der Waals surface area contributed by atoms with E-state index in [9.17, 15) is 14.5 Å². The van der Waals surface area contributed by atoms with E-state index in [-0.39, 0.29) is 17.6 Å². The van der Waals surface area contributed by atoms with E-state index >= 15 is 0 Å². The molecule has 10 heteroatoms. The number of nitrogens with zero attached hydrogens (tertiary/aromatic N) is 2. The number of hydrogen-bond acceptors (Lipinski definition) is 8. The first kappa shape index (κ1) is 32.2. The van der Waals surface area contributed by atoms with Crippen LogP contribution in [0, 0.1) is 31.1 Å². The third kappa shape index (κ3) is 8.10. The third-order valence-corrected chi connectivity index (χ3v) is 9.85. The van der Waals surface area contributed by atoms with Gasteiger partial charge in [-0.1, -0.05) is 38.1 Å². The van der Waals surface area contributed by atoms with Gasteiger partial charge in [0, 0.05) is 37.0 Å². The van der Waals surface area contributed by atoms with Crippen LogP contribution < -0.4 is 14.8 Å². The molecule has 236 valence electrons. The molecular formula is C34H44N4O5S. The van der Waals surface area contributed by atoms with Crippen LogP contribution in [0.4, 0.5) is 5.95 Å². The quantitative estimate of drug-likeness (QED) is 0.192. The monoisotopic (exact) mass is 620 g/mol. The molecule has 0 bridgehead atoms. The summed E-state index contributed by atoms with van der Waals surface area (Å²) in [7, 11) is 0. The van der Waals surface area contributed by atoms with Gasteiger partial charge in [-0.3, -0.25) is 0 Å². The Labute approximate surface area is 263 Å². The van der Waals surface area contributed by atoms with Gasteiger partial charge in [-0.25, -0.2) is 9.78 Å². The molecule has 1 aromatic heterocycles. The molecule has 2 aliphatic rings. The van der Waals surface area contributed by atoms with Crippen LogP contribution >= 0.6 is 0 Å². The maximum atomic E-state index is 13.2. The Kier molecular flexibility index (Phi) is 10.5. The molecule has 2 fully saturated rings. The molecule has 0 radical (unpaired) electrons. The smallest absolute Gasteiger partial charge is 0.335 e. The second kappa shape index (κ2) is 14.3. The van der Waals surface area contributed by atoms with E-state index in [1.54, 1.807) is 12.1 Å². The van der Waals surface area contributed by atoms with Gasteiger partial charge in [0.25, 0.3) is 5.95 Å². The number of hydrogen-bond donors (Lipinski definition) is 3. The summed E-state index contributed by atoms with van der Waals surface area (Å²) >= 11 is -1.79. The van der Waals surface area contributed by atoms with Gasteiger partial charge in [0.2, 0.25) is 5.88 Å². The number of carboxylic acids is 1. The van der Waals surface area contributed by atoms with Crippen molar-refractivity contribution < 1.29 is 23.9 Å². The number of nitrogens with one attached hydrogen (secondary N) is 2. The fraction of sp³-hybridized carbons (Fsp3) is 0.500. The highest BCUT2D eigenvalue weighted by atomic mass is 32.2. The minimum absolute atomic E-state index is 0.0559. The summed E-state index contributed by atoms with van der Waals surface area (Å²) < 4.78 is 28.0. The van der Waals surface area contributed by atoms with Gasteiger partial charge in [0.1, 0.15) is 18.0 Å². The highest BCUT2D eigenvalue weighted by Crippen LogP contribution is 2.52. The van der Waals surface area contributed by atoms with Crippen molar-refractivity contribution in [2.45, 2.75) is 70.7 Å². The van der Waals surface area contributed by atoms with Crippen molar-refractivity contribution in [3.05, 3.63) is 65.2 Å². The molecule has 1 unspecified atom stereocenters. The van der Waals surface area contributed by atoms with Gasteiger partial charge < -0.3 is 24.4 Å². The van der Waals surface area contributed by atoms with Crippen molar-refractivity contribution in [1.29, 1.82) is 0 Å². The minimum atomic E-state index is -1.79. The summed E-state index contributed by atoms with van der Waals surface area (Å²) in [6.07, 6.45) is 5.88. The number of aryl methyl sites for hydroxylation is 2. The largest absolute Gasteiger partial charge is 0.588 e. The van der Waals surface area contributed by atoms with Crippen molar-refractivity contribution in [2.24, 2.45) is 17.3 Å². The number of benzene rings is 2. The highest BCUT2D eigenvalue weighted by Gasteiger charge is 2.44. The molecule has 3 N–H and O–H groups in total. The SMILES string of the molecule is Cc1cccc(C)c1-c1cc(OC[C@@H](CC(C)C)NCC2CC3(CCOCC3)C2)nc(N[S+]([O-])c2cccc(C(=O)O)c2)n1. The summed E-state index contributed by atoms with van der Waals surface area (Å²) in [4.78, 5) is 21.0. The number of ether oxygens (including phenoxy) is 2. The van der Waals surface area contributed by atoms with Gasteiger partial charge >= 0.3 is 5.97 Å². The standard InChI is InChI=1S/C34H44N4O5S/c1-22(2)15-27(35-20-25-18-34(19-25)11-13-42-14-12-34)21-43-30-17-29(31-23(3)7-5-8-24(31)4)36-33(37-30)38-44(41)28-10-6-9-26(16-28)32(39)40/h5-10,16-17,22,25,27,35H,11-15,18-21H2,1-4H3,(H,39,40)(H,36,37,38)/t27-,44?/m1/s1. The van der Waals surface area contributed by atoms with Crippen molar-refractivity contribution in [3.8, 4) is 17.1 Å². The lowest BCUT2D eigenvalue weighted by atomic mass is 9.58. The van der Waals surface area contributed by atoms with E-state index in [0.29, 0.717) is 40.3 Å². The number of rotatable bonds is 13. The second-order valence-corrected chi connectivity index (χ2v) is 14.0. The number of aromatic nitrogens is 2. The molecule has 44 heavy (non-hydrogen) atoms. The average molecular weight is 621 g/mol. The molecule has 1 saturated heterocycles. The Bertz CT molecular complexity index is 1420. The Morgan fingerprint density at radius 1 is 1.11 bits per heavy atom. The maximum absolute atomic E-state index is 13.2. The van der Waals surface area contributed by atoms with Crippen molar-refractivity contribution in [2.75, 3.05) is 31.1 Å². The van der Waals surface area contributed by atoms with Crippen molar-refractivity contribution >= 4 is 23.3 Å². The first-order chi connectivity index (χ1) is 21.1. The number of carboxylic acid groups (broad SMARTS) is 1. The van der Waals surface area contributed by atoms with E-state index in [0.717, 1.165) is 42.9 Å². The van der Waals surface area contributed by atoms with Gasteiger partial charge in [0.15, 0.2) is 4.90 Å². The zero-order valence-corrected chi connectivity index (χ0v) is 26.9. The van der Waals surface area contributed by atoms with Crippen LogP contribution in [-0.4, -0.2) is 58.0 Å². The summed E-state index contributed by atoms with van der Waals surface area (Å²) in [5.41, 5.74) is 4.29. The molecule has 3 aromatic rings. The number of carbonyl (C=O) groups is 1. The van der Waals surface area contributed by atoms with Crippen LogP contribution in [0.15, 0.2) is 53.4 Å². The minimum Gasteiger partial charge on any atom is -0.588 e. The molecule has 9 nitrogen and oxygen atoms in total. The number of aromatic carboxylic acids is 1. The fourth-order valence-corrected chi connectivity index (χ4v) is 7.41. The molecule has 1 saturated carbocycles. The van der Waals surface area contributed by atoms with E-state index in [1.165, 1.54) is 37.8 Å². The highest BCUT2D eigenvalue weighted by molar-refractivity contribution is 7.92. The van der Waals surface area contributed by atoms with Crippen LogP contribution in [0.2, 0.25) is 0 Å². The summed E-state index contributed by atoms with van der Waals surface area (Å²) in [6.45, 7) is 11.7. The predicted octanol–water partition coefficient (Wildman–Crippen LogP) is 6.18. The average Bonchev–Trinajstić information content (AvgIpc) is 2.97. The van der Waals surface area contributed by atoms with Crippen molar-refractivity contribution in [1.82, 2.24) is 15.3 Å². The lowest BCUT2D eigenvalue weighted by Crippen LogP contribution is -2.47. The first-order valence-electron chi connectivity index (χ1n) is 15.5. The maximum Gasteiger partial charge on any atom is 0.335 e. The Hall–Kier alpha value is -3.18. The molecular weight excluding hydrogens is 576 g/mol. The van der Waals surface area contributed by atoms with Crippen LogP contribution in [0.25, 0.3) is 11.3 Å².